The lowest BCUT2D eigenvalue weighted by atomic mass is 10.1. The van der Waals surface area contributed by atoms with Crippen molar-refractivity contribution in [2.45, 2.75) is 11.8 Å². The number of nitrogens with two attached hydrogens (primary N) is 1. The van der Waals surface area contributed by atoms with Crippen molar-refractivity contribution >= 4 is 33.0 Å². The van der Waals surface area contributed by atoms with Crippen LogP contribution in [0.1, 0.15) is 11.1 Å². The first-order valence-electron chi connectivity index (χ1n) is 5.74. The van der Waals surface area contributed by atoms with Crippen LogP contribution in [0.5, 0.6) is 0 Å². The molecule has 0 fully saturated rings. The van der Waals surface area contributed by atoms with Gasteiger partial charge in [0.25, 0.3) is 10.0 Å². The molecule has 5 nitrogen and oxygen atoms in total. The molecule has 104 valence electrons. The van der Waals surface area contributed by atoms with E-state index in [-0.39, 0.29) is 15.7 Å². The number of benzene rings is 1. The van der Waals surface area contributed by atoms with Crippen molar-refractivity contribution in [2.75, 3.05) is 4.72 Å². The van der Waals surface area contributed by atoms with Crippen molar-refractivity contribution < 1.29 is 8.42 Å². The summed E-state index contributed by atoms with van der Waals surface area (Å²) in [6.45, 7) is 1.76. The van der Waals surface area contributed by atoms with Gasteiger partial charge in [0.05, 0.1) is 4.90 Å². The number of aromatic nitrogens is 1. The van der Waals surface area contributed by atoms with E-state index in [0.717, 1.165) is 0 Å². The Balaban J connectivity index is 2.35. The number of hydrogen-bond donors (Lipinski definition) is 2. The summed E-state index contributed by atoms with van der Waals surface area (Å²) >= 11 is 4.89. The Morgan fingerprint density at radius 2 is 2.05 bits per heavy atom. The van der Waals surface area contributed by atoms with E-state index in [9.17, 15) is 8.42 Å². The Kier molecular flexibility index (Phi) is 4.01. The van der Waals surface area contributed by atoms with Crippen LogP contribution in [0.15, 0.2) is 47.5 Å². The van der Waals surface area contributed by atoms with E-state index in [2.05, 4.69) is 9.71 Å². The van der Waals surface area contributed by atoms with Gasteiger partial charge in [0.2, 0.25) is 0 Å². The fraction of sp³-hybridized carbons (Fsp3) is 0.0769. The summed E-state index contributed by atoms with van der Waals surface area (Å²) in [4.78, 5) is 4.31. The number of nitrogens with one attached hydrogen (secondary N) is 1. The number of aryl methyl sites for hydroxylation is 1. The third-order valence-electron chi connectivity index (χ3n) is 2.68. The monoisotopic (exact) mass is 307 g/mol. The highest BCUT2D eigenvalue weighted by molar-refractivity contribution is 7.92. The van der Waals surface area contributed by atoms with Gasteiger partial charge in [-0.05, 0) is 36.8 Å². The summed E-state index contributed by atoms with van der Waals surface area (Å²) < 4.78 is 26.8. The van der Waals surface area contributed by atoms with Crippen LogP contribution in [-0.4, -0.2) is 18.4 Å². The molecule has 0 amide bonds. The smallest absolute Gasteiger partial charge is 0.263 e. The number of hydrogen-bond acceptors (Lipinski definition) is 4. The lowest BCUT2D eigenvalue weighted by Crippen LogP contribution is -2.16. The van der Waals surface area contributed by atoms with Crippen LogP contribution in [-0.2, 0) is 10.0 Å². The molecule has 1 aromatic heterocycles. The highest BCUT2D eigenvalue weighted by atomic mass is 32.2. The van der Waals surface area contributed by atoms with Crippen molar-refractivity contribution in [1.82, 2.24) is 4.98 Å². The second-order valence-corrected chi connectivity index (χ2v) is 6.28. The SMILES string of the molecule is Cc1cc(S(=O)(=O)Nc2ccccn2)ccc1C(N)=S. The molecule has 0 saturated heterocycles. The van der Waals surface area contributed by atoms with Crippen LogP contribution >= 0.6 is 12.2 Å². The van der Waals surface area contributed by atoms with Gasteiger partial charge in [0, 0.05) is 11.8 Å². The van der Waals surface area contributed by atoms with E-state index in [1.165, 1.54) is 18.3 Å². The van der Waals surface area contributed by atoms with E-state index in [0.29, 0.717) is 11.1 Å². The molecule has 0 unspecified atom stereocenters. The molecule has 1 heterocycles. The Morgan fingerprint density at radius 3 is 2.60 bits per heavy atom. The van der Waals surface area contributed by atoms with Gasteiger partial charge in [-0.3, -0.25) is 4.72 Å². The fourth-order valence-corrected chi connectivity index (χ4v) is 3.02. The molecule has 0 aliphatic rings. The van der Waals surface area contributed by atoms with E-state index in [1.807, 2.05) is 0 Å². The van der Waals surface area contributed by atoms with E-state index in [4.69, 9.17) is 18.0 Å². The van der Waals surface area contributed by atoms with Gasteiger partial charge in [0.15, 0.2) is 0 Å². The summed E-state index contributed by atoms with van der Waals surface area (Å²) in [5.41, 5.74) is 6.93. The van der Waals surface area contributed by atoms with Crippen LogP contribution in [0, 0.1) is 6.92 Å². The van der Waals surface area contributed by atoms with Gasteiger partial charge in [0.1, 0.15) is 10.8 Å². The zero-order valence-corrected chi connectivity index (χ0v) is 12.3. The second kappa shape index (κ2) is 5.56. The molecule has 0 spiro atoms. The number of pyridine rings is 1. The van der Waals surface area contributed by atoms with Crippen LogP contribution in [0.25, 0.3) is 0 Å². The molecule has 20 heavy (non-hydrogen) atoms. The van der Waals surface area contributed by atoms with Crippen molar-refractivity contribution in [1.29, 1.82) is 0 Å². The predicted octanol–water partition coefficient (Wildman–Crippen LogP) is 1.83. The lowest BCUT2D eigenvalue weighted by Gasteiger charge is -2.09. The summed E-state index contributed by atoms with van der Waals surface area (Å²) in [7, 11) is -3.67. The summed E-state index contributed by atoms with van der Waals surface area (Å²) in [6, 6.07) is 9.58. The molecule has 7 heteroatoms. The van der Waals surface area contributed by atoms with Crippen LogP contribution < -0.4 is 10.5 Å². The number of thiocarbonyl (C=S) groups is 1. The second-order valence-electron chi connectivity index (χ2n) is 4.16. The van der Waals surface area contributed by atoms with Crippen molar-refractivity contribution in [2.24, 2.45) is 5.73 Å². The average Bonchev–Trinajstić information content (AvgIpc) is 2.38. The first-order chi connectivity index (χ1) is 9.40. The van der Waals surface area contributed by atoms with Gasteiger partial charge in [-0.2, -0.15) is 0 Å². The topological polar surface area (TPSA) is 85.1 Å². The normalized spacial score (nSPS) is 11.1. The van der Waals surface area contributed by atoms with Crippen molar-refractivity contribution in [3.63, 3.8) is 0 Å². The fourth-order valence-electron chi connectivity index (χ4n) is 1.70. The van der Waals surface area contributed by atoms with E-state index < -0.39 is 10.0 Å². The van der Waals surface area contributed by atoms with Gasteiger partial charge in [-0.1, -0.05) is 24.4 Å². The molecular weight excluding hydrogens is 294 g/mol. The van der Waals surface area contributed by atoms with Gasteiger partial charge < -0.3 is 5.73 Å². The number of nitrogens with zero attached hydrogens (tertiary/aromatic N) is 1. The highest BCUT2D eigenvalue weighted by Crippen LogP contribution is 2.18. The first-order valence-corrected chi connectivity index (χ1v) is 7.63. The zero-order valence-electron chi connectivity index (χ0n) is 10.7. The predicted molar refractivity (Wildman–Crippen MR) is 82.1 cm³/mol. The summed E-state index contributed by atoms with van der Waals surface area (Å²) in [5, 5.41) is 0. The first kappa shape index (κ1) is 14.4. The van der Waals surface area contributed by atoms with E-state index >= 15 is 0 Å². The Bertz CT molecular complexity index is 743. The number of sulfonamides is 1. The molecular formula is C13H13N3O2S2. The molecule has 2 rings (SSSR count). The van der Waals surface area contributed by atoms with Crippen LogP contribution in [0.3, 0.4) is 0 Å². The summed E-state index contributed by atoms with van der Waals surface area (Å²) in [6.07, 6.45) is 1.51. The summed E-state index contributed by atoms with van der Waals surface area (Å²) in [5.74, 6) is 0.267. The minimum Gasteiger partial charge on any atom is -0.389 e. The molecule has 1 aromatic carbocycles. The average molecular weight is 307 g/mol. The van der Waals surface area contributed by atoms with E-state index in [1.54, 1.807) is 31.2 Å². The lowest BCUT2D eigenvalue weighted by molar-refractivity contribution is 0.601. The van der Waals surface area contributed by atoms with Crippen molar-refractivity contribution in [3.8, 4) is 0 Å². The maximum absolute atomic E-state index is 12.2. The largest absolute Gasteiger partial charge is 0.389 e. The standard InChI is InChI=1S/C13H13N3O2S2/c1-9-8-10(5-6-11(9)13(14)19)20(17,18)16-12-4-2-3-7-15-12/h2-8H,1H3,(H2,14,19)(H,15,16). The molecule has 0 atom stereocenters. The molecule has 0 radical (unpaired) electrons. The minimum absolute atomic E-state index is 0.139. The molecule has 0 aliphatic carbocycles. The Morgan fingerprint density at radius 1 is 1.30 bits per heavy atom. The maximum atomic E-state index is 12.2. The third kappa shape index (κ3) is 3.12. The number of anilines is 1. The van der Waals surface area contributed by atoms with Crippen LogP contribution in [0.2, 0.25) is 0 Å². The van der Waals surface area contributed by atoms with Gasteiger partial charge in [-0.25, -0.2) is 13.4 Å². The van der Waals surface area contributed by atoms with Crippen LogP contribution in [0.4, 0.5) is 5.82 Å². The maximum Gasteiger partial charge on any atom is 0.263 e. The Hall–Kier alpha value is -1.99. The van der Waals surface area contributed by atoms with Gasteiger partial charge >= 0.3 is 0 Å². The third-order valence-corrected chi connectivity index (χ3v) is 4.25. The molecule has 0 aliphatic heterocycles. The minimum atomic E-state index is -3.67. The van der Waals surface area contributed by atoms with Gasteiger partial charge in [-0.15, -0.1) is 0 Å². The zero-order chi connectivity index (χ0) is 14.8. The molecule has 2 aromatic rings. The molecule has 0 saturated carbocycles. The van der Waals surface area contributed by atoms with Crippen molar-refractivity contribution in [3.05, 3.63) is 53.7 Å². The quantitative estimate of drug-likeness (QED) is 0.842. The number of rotatable bonds is 4. The molecule has 3 N–H and O–H groups in total. The Labute approximate surface area is 122 Å². The molecule has 0 bridgehead atoms. The highest BCUT2D eigenvalue weighted by Gasteiger charge is 2.16.